The van der Waals surface area contributed by atoms with Gasteiger partial charge in [0.1, 0.15) is 6.29 Å². The molecule has 120 valence electrons. The molecule has 2 amide bonds. The van der Waals surface area contributed by atoms with E-state index in [1.165, 1.54) is 4.90 Å². The molecule has 2 aliphatic carbocycles. The first-order valence-corrected chi connectivity index (χ1v) is 8.06. The second-order valence-electron chi connectivity index (χ2n) is 6.77. The lowest BCUT2D eigenvalue weighted by Crippen LogP contribution is -2.35. The Morgan fingerprint density at radius 1 is 1.39 bits per heavy atom. The summed E-state index contributed by atoms with van der Waals surface area (Å²) in [6, 6.07) is 0. The number of rotatable bonds is 4. The van der Waals surface area contributed by atoms with Crippen molar-refractivity contribution in [1.82, 2.24) is 4.90 Å². The minimum absolute atomic E-state index is 0.120. The summed E-state index contributed by atoms with van der Waals surface area (Å²) < 4.78 is 0. The number of hydrogen-bond donors (Lipinski definition) is 0. The Morgan fingerprint density at radius 2 is 2.17 bits per heavy atom. The molecule has 3 rings (SSSR count). The molecule has 0 spiro atoms. The van der Waals surface area contributed by atoms with Crippen LogP contribution in [0.1, 0.15) is 33.1 Å². The van der Waals surface area contributed by atoms with Crippen LogP contribution in [0.25, 0.3) is 0 Å². The Bertz CT molecular complexity index is 695. The fourth-order valence-electron chi connectivity index (χ4n) is 3.59. The predicted octanol–water partition coefficient (Wildman–Crippen LogP) is 2.73. The SMILES string of the molecule is CC1C=CC(C=O)=C(CCN2C(=O)C3=CC=CCC3(C)C2=O)C1. The zero-order valence-corrected chi connectivity index (χ0v) is 13.5. The number of carbonyl (C=O) groups excluding carboxylic acids is 3. The Kier molecular flexibility index (Phi) is 3.92. The average Bonchev–Trinajstić information content (AvgIpc) is 2.73. The number of carbonyl (C=O) groups is 3. The summed E-state index contributed by atoms with van der Waals surface area (Å²) in [4.78, 5) is 37.8. The lowest BCUT2D eigenvalue weighted by molar-refractivity contribution is -0.140. The zero-order chi connectivity index (χ0) is 16.6. The van der Waals surface area contributed by atoms with E-state index in [1.807, 2.05) is 31.2 Å². The molecule has 1 fully saturated rings. The van der Waals surface area contributed by atoms with E-state index in [1.54, 1.807) is 6.08 Å². The molecule has 0 saturated carbocycles. The number of hydrogen-bond acceptors (Lipinski definition) is 3. The van der Waals surface area contributed by atoms with E-state index in [9.17, 15) is 14.4 Å². The summed E-state index contributed by atoms with van der Waals surface area (Å²) in [6.45, 7) is 4.28. The van der Waals surface area contributed by atoms with Gasteiger partial charge in [-0.2, -0.15) is 0 Å². The van der Waals surface area contributed by atoms with Gasteiger partial charge >= 0.3 is 0 Å². The molecule has 2 unspecified atom stereocenters. The highest BCUT2D eigenvalue weighted by molar-refractivity contribution is 6.17. The van der Waals surface area contributed by atoms with E-state index < -0.39 is 5.41 Å². The van der Waals surface area contributed by atoms with Crippen molar-refractivity contribution in [2.45, 2.75) is 33.1 Å². The van der Waals surface area contributed by atoms with Crippen LogP contribution < -0.4 is 0 Å². The number of likely N-dealkylation sites (tertiary alicyclic amines) is 1. The monoisotopic (exact) mass is 311 g/mol. The lowest BCUT2D eigenvalue weighted by atomic mass is 9.78. The number of amides is 2. The van der Waals surface area contributed by atoms with E-state index in [2.05, 4.69) is 6.92 Å². The Morgan fingerprint density at radius 3 is 2.87 bits per heavy atom. The quantitative estimate of drug-likeness (QED) is 0.592. The zero-order valence-electron chi connectivity index (χ0n) is 13.5. The van der Waals surface area contributed by atoms with E-state index in [0.29, 0.717) is 36.5 Å². The van der Waals surface area contributed by atoms with Crippen molar-refractivity contribution in [3.8, 4) is 0 Å². The van der Waals surface area contributed by atoms with Crippen LogP contribution in [0.5, 0.6) is 0 Å². The van der Waals surface area contributed by atoms with Crippen LogP contribution in [0.3, 0.4) is 0 Å². The Hall–Kier alpha value is -2.23. The molecule has 0 bridgehead atoms. The van der Waals surface area contributed by atoms with E-state index in [4.69, 9.17) is 0 Å². The van der Waals surface area contributed by atoms with Crippen LogP contribution in [-0.4, -0.2) is 29.5 Å². The number of imide groups is 1. The van der Waals surface area contributed by atoms with Gasteiger partial charge in [-0.3, -0.25) is 19.3 Å². The summed E-state index contributed by atoms with van der Waals surface area (Å²) in [7, 11) is 0. The van der Waals surface area contributed by atoms with Crippen molar-refractivity contribution in [3.63, 3.8) is 0 Å². The molecule has 2 atom stereocenters. The van der Waals surface area contributed by atoms with Gasteiger partial charge in [0, 0.05) is 17.7 Å². The minimum atomic E-state index is -0.715. The molecule has 4 nitrogen and oxygen atoms in total. The molecule has 1 saturated heterocycles. The summed E-state index contributed by atoms with van der Waals surface area (Å²) in [5.41, 5.74) is 1.59. The van der Waals surface area contributed by atoms with Gasteiger partial charge in [0.25, 0.3) is 5.91 Å². The van der Waals surface area contributed by atoms with Crippen LogP contribution in [0.4, 0.5) is 0 Å². The largest absolute Gasteiger partial charge is 0.298 e. The number of aldehydes is 1. The maximum Gasteiger partial charge on any atom is 0.257 e. The third-order valence-electron chi connectivity index (χ3n) is 5.06. The first kappa shape index (κ1) is 15.7. The van der Waals surface area contributed by atoms with Crippen molar-refractivity contribution in [2.24, 2.45) is 11.3 Å². The van der Waals surface area contributed by atoms with Crippen LogP contribution in [-0.2, 0) is 14.4 Å². The van der Waals surface area contributed by atoms with Gasteiger partial charge in [0.2, 0.25) is 5.91 Å². The van der Waals surface area contributed by atoms with Crippen molar-refractivity contribution < 1.29 is 14.4 Å². The summed E-state index contributed by atoms with van der Waals surface area (Å²) in [5.74, 6) is 0.0749. The third-order valence-corrected chi connectivity index (χ3v) is 5.06. The summed E-state index contributed by atoms with van der Waals surface area (Å²) >= 11 is 0. The van der Waals surface area contributed by atoms with Crippen LogP contribution >= 0.6 is 0 Å². The third kappa shape index (κ3) is 2.52. The molecule has 0 aromatic rings. The molecule has 0 aromatic heterocycles. The second-order valence-corrected chi connectivity index (χ2v) is 6.77. The topological polar surface area (TPSA) is 54.5 Å². The molecule has 1 heterocycles. The molecule has 1 aliphatic heterocycles. The van der Waals surface area contributed by atoms with Crippen LogP contribution in [0.15, 0.2) is 47.1 Å². The molecule has 4 heteroatoms. The molecular formula is C19H21NO3. The lowest BCUT2D eigenvalue weighted by Gasteiger charge is -2.23. The molecule has 23 heavy (non-hydrogen) atoms. The fourth-order valence-corrected chi connectivity index (χ4v) is 3.59. The normalized spacial score (nSPS) is 29.9. The van der Waals surface area contributed by atoms with Gasteiger partial charge in [-0.25, -0.2) is 0 Å². The molecule has 3 aliphatic rings. The van der Waals surface area contributed by atoms with Crippen molar-refractivity contribution >= 4 is 18.1 Å². The van der Waals surface area contributed by atoms with Gasteiger partial charge in [-0.15, -0.1) is 0 Å². The van der Waals surface area contributed by atoms with E-state index in [0.717, 1.165) is 18.3 Å². The maximum atomic E-state index is 12.7. The predicted molar refractivity (Wildman–Crippen MR) is 87.3 cm³/mol. The van der Waals surface area contributed by atoms with Crippen molar-refractivity contribution in [1.29, 1.82) is 0 Å². The fraction of sp³-hybridized carbons (Fsp3) is 0.421. The first-order chi connectivity index (χ1) is 11.0. The van der Waals surface area contributed by atoms with Gasteiger partial charge < -0.3 is 0 Å². The second kappa shape index (κ2) is 5.76. The minimum Gasteiger partial charge on any atom is -0.298 e. The summed E-state index contributed by atoms with van der Waals surface area (Å²) in [6.07, 6.45) is 12.2. The Labute approximate surface area is 136 Å². The maximum absolute atomic E-state index is 12.7. The molecule has 0 radical (unpaired) electrons. The number of fused-ring (bicyclic) bond motifs is 1. The van der Waals surface area contributed by atoms with Crippen molar-refractivity contribution in [2.75, 3.05) is 6.54 Å². The number of allylic oxidation sites excluding steroid dienone is 6. The highest BCUT2D eigenvalue weighted by Gasteiger charge is 2.52. The Balaban J connectivity index is 1.78. The van der Waals surface area contributed by atoms with Gasteiger partial charge in [-0.05, 0) is 32.1 Å². The standard InChI is InChI=1S/C19H21NO3/c1-13-6-7-15(12-21)14(11-13)8-10-20-17(22)16-5-3-4-9-19(16,2)18(20)23/h3-7,12-13H,8-11H2,1-2H3. The molecule has 0 aromatic carbocycles. The highest BCUT2D eigenvalue weighted by Crippen LogP contribution is 2.43. The van der Waals surface area contributed by atoms with E-state index in [-0.39, 0.29) is 11.8 Å². The first-order valence-electron chi connectivity index (χ1n) is 8.06. The molecule has 0 N–H and O–H groups in total. The molecular weight excluding hydrogens is 290 g/mol. The average molecular weight is 311 g/mol. The van der Waals surface area contributed by atoms with Gasteiger partial charge in [-0.1, -0.05) is 42.9 Å². The van der Waals surface area contributed by atoms with Crippen LogP contribution in [0, 0.1) is 11.3 Å². The van der Waals surface area contributed by atoms with Crippen LogP contribution in [0.2, 0.25) is 0 Å². The van der Waals surface area contributed by atoms with Gasteiger partial charge in [0.05, 0.1) is 5.41 Å². The van der Waals surface area contributed by atoms with Crippen molar-refractivity contribution in [3.05, 3.63) is 47.1 Å². The highest BCUT2D eigenvalue weighted by atomic mass is 16.2. The van der Waals surface area contributed by atoms with E-state index >= 15 is 0 Å². The van der Waals surface area contributed by atoms with Gasteiger partial charge in [0.15, 0.2) is 0 Å². The summed E-state index contributed by atoms with van der Waals surface area (Å²) in [5, 5.41) is 0. The number of nitrogens with zero attached hydrogens (tertiary/aromatic N) is 1. The smallest absolute Gasteiger partial charge is 0.257 e.